The van der Waals surface area contributed by atoms with Crippen molar-refractivity contribution in [1.29, 1.82) is 0 Å². The number of hydrogen-bond donors (Lipinski definition) is 2. The summed E-state index contributed by atoms with van der Waals surface area (Å²) in [5.41, 5.74) is 3.32. The van der Waals surface area contributed by atoms with E-state index >= 15 is 0 Å². The molecule has 0 atom stereocenters. The Balaban J connectivity index is 1.58. The molecule has 0 saturated heterocycles. The maximum Gasteiger partial charge on any atom is 0.242 e. The second-order valence-corrected chi connectivity index (χ2v) is 8.42. The van der Waals surface area contributed by atoms with Crippen molar-refractivity contribution in [3.8, 4) is 0 Å². The van der Waals surface area contributed by atoms with Crippen LogP contribution in [0.4, 0.5) is 5.69 Å². The first-order chi connectivity index (χ1) is 12.5. The molecule has 0 heterocycles. The summed E-state index contributed by atoms with van der Waals surface area (Å²) < 4.78 is 26.9. The first kappa shape index (κ1) is 18.9. The molecule has 26 heavy (non-hydrogen) atoms. The molecule has 0 fully saturated rings. The summed E-state index contributed by atoms with van der Waals surface area (Å²) in [5, 5.41) is 3.06. The van der Waals surface area contributed by atoms with Gasteiger partial charge in [0.15, 0.2) is 0 Å². The van der Waals surface area contributed by atoms with Gasteiger partial charge in [-0.1, -0.05) is 35.9 Å². The Kier molecular flexibility index (Phi) is 5.96. The average molecular weight is 393 g/mol. The van der Waals surface area contributed by atoms with Crippen molar-refractivity contribution < 1.29 is 13.2 Å². The molecule has 2 aromatic carbocycles. The highest BCUT2D eigenvalue weighted by Crippen LogP contribution is 2.28. The standard InChI is InChI=1S/C19H21ClN2O3S/c20-16-9-3-4-11-18(16)26(24,25)21-13-12-19(23)22-17-10-5-7-14-6-1-2-8-15(14)17/h3-5,7,9-11,21H,1-2,6,8,12-13H2,(H,22,23). The van der Waals surface area contributed by atoms with Gasteiger partial charge >= 0.3 is 0 Å². The van der Waals surface area contributed by atoms with E-state index in [1.165, 1.54) is 29.7 Å². The molecule has 0 unspecified atom stereocenters. The van der Waals surface area contributed by atoms with Crippen LogP contribution in [0.1, 0.15) is 30.4 Å². The molecule has 3 rings (SSSR count). The van der Waals surface area contributed by atoms with Crippen molar-refractivity contribution in [3.63, 3.8) is 0 Å². The minimum atomic E-state index is -3.74. The van der Waals surface area contributed by atoms with Gasteiger partial charge in [0.05, 0.1) is 5.02 Å². The molecule has 1 amide bonds. The molecule has 138 valence electrons. The number of fused-ring (bicyclic) bond motifs is 1. The van der Waals surface area contributed by atoms with Gasteiger partial charge in [-0.25, -0.2) is 13.1 Å². The quantitative estimate of drug-likeness (QED) is 0.789. The molecule has 5 nitrogen and oxygen atoms in total. The highest BCUT2D eigenvalue weighted by atomic mass is 35.5. The van der Waals surface area contributed by atoms with Gasteiger partial charge in [-0.2, -0.15) is 0 Å². The largest absolute Gasteiger partial charge is 0.326 e. The predicted molar refractivity (Wildman–Crippen MR) is 103 cm³/mol. The van der Waals surface area contributed by atoms with Crippen LogP contribution >= 0.6 is 11.6 Å². The zero-order chi connectivity index (χ0) is 18.6. The monoisotopic (exact) mass is 392 g/mol. The number of anilines is 1. The number of halogens is 1. The lowest BCUT2D eigenvalue weighted by Gasteiger charge is -2.19. The van der Waals surface area contributed by atoms with Gasteiger partial charge in [0.2, 0.25) is 15.9 Å². The maximum absolute atomic E-state index is 12.3. The summed E-state index contributed by atoms with van der Waals surface area (Å²) >= 11 is 5.93. The minimum absolute atomic E-state index is 0.00835. The molecule has 0 aliphatic heterocycles. The Labute approximate surface area is 158 Å². The first-order valence-corrected chi connectivity index (χ1v) is 10.5. The van der Waals surface area contributed by atoms with Crippen molar-refractivity contribution in [2.75, 3.05) is 11.9 Å². The summed E-state index contributed by atoms with van der Waals surface area (Å²) in [4.78, 5) is 12.2. The fraction of sp³-hybridized carbons (Fsp3) is 0.316. The van der Waals surface area contributed by atoms with Gasteiger partial charge in [0.1, 0.15) is 4.90 Å². The summed E-state index contributed by atoms with van der Waals surface area (Å²) in [7, 11) is -3.74. The predicted octanol–water partition coefficient (Wildman–Crippen LogP) is 3.53. The Morgan fingerprint density at radius 1 is 1.04 bits per heavy atom. The van der Waals surface area contributed by atoms with E-state index in [9.17, 15) is 13.2 Å². The summed E-state index contributed by atoms with van der Waals surface area (Å²) in [5.74, 6) is -0.217. The van der Waals surface area contributed by atoms with E-state index in [0.717, 1.165) is 24.9 Å². The van der Waals surface area contributed by atoms with Gasteiger partial charge in [-0.05, 0) is 55.0 Å². The Morgan fingerprint density at radius 3 is 2.62 bits per heavy atom. The van der Waals surface area contributed by atoms with Crippen LogP contribution < -0.4 is 10.0 Å². The van der Waals surface area contributed by atoms with Crippen LogP contribution in [-0.4, -0.2) is 20.9 Å². The third-order valence-corrected chi connectivity index (χ3v) is 6.40. The number of nitrogens with one attached hydrogen (secondary N) is 2. The molecule has 7 heteroatoms. The van der Waals surface area contributed by atoms with E-state index in [1.54, 1.807) is 12.1 Å². The third-order valence-electron chi connectivity index (χ3n) is 4.44. The highest BCUT2D eigenvalue weighted by Gasteiger charge is 2.18. The normalized spacial score (nSPS) is 13.9. The summed E-state index contributed by atoms with van der Waals surface area (Å²) in [6, 6.07) is 12.2. The van der Waals surface area contributed by atoms with Gasteiger partial charge in [-0.15, -0.1) is 0 Å². The van der Waals surface area contributed by atoms with Crippen LogP contribution in [0.15, 0.2) is 47.4 Å². The third kappa shape index (κ3) is 4.44. The van der Waals surface area contributed by atoms with Crippen LogP contribution in [0.25, 0.3) is 0 Å². The highest BCUT2D eigenvalue weighted by molar-refractivity contribution is 7.89. The topological polar surface area (TPSA) is 75.3 Å². The molecular formula is C19H21ClN2O3S. The van der Waals surface area contributed by atoms with Crippen molar-refractivity contribution in [2.24, 2.45) is 0 Å². The fourth-order valence-electron chi connectivity index (χ4n) is 3.15. The molecule has 1 aliphatic carbocycles. The van der Waals surface area contributed by atoms with Gasteiger partial charge < -0.3 is 5.32 Å². The lowest BCUT2D eigenvalue weighted by atomic mass is 9.90. The van der Waals surface area contributed by atoms with E-state index in [2.05, 4.69) is 16.1 Å². The van der Waals surface area contributed by atoms with Crippen LogP contribution in [0.3, 0.4) is 0 Å². The lowest BCUT2D eigenvalue weighted by molar-refractivity contribution is -0.116. The van der Waals surface area contributed by atoms with Gasteiger partial charge in [0, 0.05) is 18.7 Å². The number of carbonyl (C=O) groups is 1. The number of benzene rings is 2. The number of rotatable bonds is 6. The van der Waals surface area contributed by atoms with E-state index in [0.29, 0.717) is 0 Å². The maximum atomic E-state index is 12.3. The molecular weight excluding hydrogens is 372 g/mol. The van der Waals surface area contributed by atoms with Crippen molar-refractivity contribution in [2.45, 2.75) is 37.0 Å². The Morgan fingerprint density at radius 2 is 1.81 bits per heavy atom. The number of hydrogen-bond acceptors (Lipinski definition) is 3. The second-order valence-electron chi connectivity index (χ2n) is 6.28. The van der Waals surface area contributed by atoms with Crippen molar-refractivity contribution in [1.82, 2.24) is 4.72 Å². The Bertz CT molecular complexity index is 913. The number of aryl methyl sites for hydroxylation is 1. The van der Waals surface area contributed by atoms with E-state index in [4.69, 9.17) is 11.6 Å². The van der Waals surface area contributed by atoms with Crippen LogP contribution in [0.2, 0.25) is 5.02 Å². The zero-order valence-electron chi connectivity index (χ0n) is 14.3. The van der Waals surface area contributed by atoms with E-state index in [1.807, 2.05) is 12.1 Å². The SMILES string of the molecule is O=C(CCNS(=O)(=O)c1ccccc1Cl)Nc1cccc2c1CCCC2. The second kappa shape index (κ2) is 8.20. The lowest BCUT2D eigenvalue weighted by Crippen LogP contribution is -2.28. The van der Waals surface area contributed by atoms with Crippen LogP contribution in [0, 0.1) is 0 Å². The number of carbonyl (C=O) groups excluding carboxylic acids is 1. The molecule has 0 radical (unpaired) electrons. The van der Waals surface area contributed by atoms with E-state index < -0.39 is 10.0 Å². The van der Waals surface area contributed by atoms with Gasteiger partial charge in [-0.3, -0.25) is 4.79 Å². The first-order valence-electron chi connectivity index (χ1n) is 8.62. The van der Waals surface area contributed by atoms with E-state index in [-0.39, 0.29) is 28.8 Å². The van der Waals surface area contributed by atoms with Crippen LogP contribution in [0.5, 0.6) is 0 Å². The van der Waals surface area contributed by atoms with Crippen molar-refractivity contribution in [3.05, 3.63) is 58.6 Å². The number of amides is 1. The molecule has 2 N–H and O–H groups in total. The molecule has 0 aromatic heterocycles. The summed E-state index contributed by atoms with van der Waals surface area (Å²) in [6.45, 7) is 0.00835. The molecule has 1 aliphatic rings. The fourth-order valence-corrected chi connectivity index (χ4v) is 4.70. The molecule has 0 saturated carbocycles. The molecule has 2 aromatic rings. The smallest absolute Gasteiger partial charge is 0.242 e. The summed E-state index contributed by atoms with van der Waals surface area (Å²) in [6.07, 6.45) is 4.35. The van der Waals surface area contributed by atoms with Gasteiger partial charge in [0.25, 0.3) is 0 Å². The van der Waals surface area contributed by atoms with Crippen molar-refractivity contribution >= 4 is 33.2 Å². The minimum Gasteiger partial charge on any atom is -0.326 e. The average Bonchev–Trinajstić information content (AvgIpc) is 2.62. The zero-order valence-corrected chi connectivity index (χ0v) is 15.9. The van der Waals surface area contributed by atoms with Crippen LogP contribution in [-0.2, 0) is 27.7 Å². The number of sulfonamides is 1. The molecule has 0 bridgehead atoms. The molecule has 0 spiro atoms. The Hall–Kier alpha value is -1.89.